The first-order valence-corrected chi connectivity index (χ1v) is 10.4. The Hall–Kier alpha value is -4.18. The van der Waals surface area contributed by atoms with Crippen LogP contribution in [0.4, 0.5) is 5.69 Å². The van der Waals surface area contributed by atoms with Gasteiger partial charge in [-0.25, -0.2) is 0 Å². The first-order valence-electron chi connectivity index (χ1n) is 10.4. The van der Waals surface area contributed by atoms with Gasteiger partial charge in [0.1, 0.15) is 5.92 Å². The molecule has 0 radical (unpaired) electrons. The fourth-order valence-electron chi connectivity index (χ4n) is 3.57. The van der Waals surface area contributed by atoms with Crippen LogP contribution in [0.3, 0.4) is 0 Å². The molecule has 0 aromatic heterocycles. The van der Waals surface area contributed by atoms with Crippen molar-refractivity contribution in [2.45, 2.75) is 12.0 Å². The lowest BCUT2D eigenvalue weighted by Gasteiger charge is -2.22. The number of amides is 1. The summed E-state index contributed by atoms with van der Waals surface area (Å²) in [6.45, 7) is 0. The van der Waals surface area contributed by atoms with Crippen LogP contribution < -0.4 is 5.32 Å². The van der Waals surface area contributed by atoms with Crippen LogP contribution in [0.1, 0.15) is 28.7 Å². The number of esters is 1. The van der Waals surface area contributed by atoms with E-state index in [1.807, 2.05) is 97.1 Å². The lowest BCUT2D eigenvalue weighted by atomic mass is 9.91. The molecule has 1 atom stereocenters. The third-order valence-electron chi connectivity index (χ3n) is 5.12. The summed E-state index contributed by atoms with van der Waals surface area (Å²) < 4.78 is 5.89. The highest BCUT2D eigenvalue weighted by molar-refractivity contribution is 5.96. The number of carbonyl (C=O) groups excluding carboxylic acids is 2. The standard InChI is InChI=1S/C28H23NO3/c30-27(29-24-19-11-4-12-20-24)26(23-17-9-3-10-18-23)32-28(31)25(21-13-5-1-6-14-21)22-15-7-2-8-16-22/h1-20,25-26H,(H,29,30)/t26-/m0/s1. The third kappa shape index (κ3) is 5.10. The first-order chi connectivity index (χ1) is 15.7. The molecule has 32 heavy (non-hydrogen) atoms. The highest BCUT2D eigenvalue weighted by Gasteiger charge is 2.31. The minimum absolute atomic E-state index is 0.407. The summed E-state index contributed by atoms with van der Waals surface area (Å²) in [5, 5.41) is 2.85. The summed E-state index contributed by atoms with van der Waals surface area (Å²) in [5.74, 6) is -1.54. The van der Waals surface area contributed by atoms with Crippen molar-refractivity contribution in [2.24, 2.45) is 0 Å². The molecule has 1 amide bonds. The quantitative estimate of drug-likeness (QED) is 0.387. The Morgan fingerprint density at radius 2 is 0.969 bits per heavy atom. The van der Waals surface area contributed by atoms with Gasteiger partial charge in [-0.2, -0.15) is 0 Å². The molecular formula is C28H23NO3. The smallest absolute Gasteiger partial charge is 0.319 e. The number of ether oxygens (including phenoxy) is 1. The lowest BCUT2D eigenvalue weighted by Crippen LogP contribution is -2.28. The maximum atomic E-state index is 13.5. The van der Waals surface area contributed by atoms with Crippen molar-refractivity contribution >= 4 is 17.6 Å². The fourth-order valence-corrected chi connectivity index (χ4v) is 3.57. The van der Waals surface area contributed by atoms with Crippen molar-refractivity contribution in [1.82, 2.24) is 0 Å². The van der Waals surface area contributed by atoms with Crippen LogP contribution in [0.2, 0.25) is 0 Å². The van der Waals surface area contributed by atoms with Gasteiger partial charge in [0.05, 0.1) is 0 Å². The Kier molecular flexibility index (Phi) is 6.73. The van der Waals surface area contributed by atoms with E-state index in [0.717, 1.165) is 11.1 Å². The molecule has 0 saturated carbocycles. The van der Waals surface area contributed by atoms with Crippen molar-refractivity contribution in [2.75, 3.05) is 5.32 Å². The SMILES string of the molecule is O=C(O[C@H](C(=O)Nc1ccccc1)c1ccccc1)C(c1ccccc1)c1ccccc1. The molecule has 0 fully saturated rings. The number of para-hydroxylation sites is 1. The molecule has 0 bridgehead atoms. The first kappa shape index (κ1) is 21.1. The summed E-state index contributed by atoms with van der Waals surface area (Å²) in [5.41, 5.74) is 2.85. The summed E-state index contributed by atoms with van der Waals surface area (Å²) in [6, 6.07) is 37.1. The van der Waals surface area contributed by atoms with Crippen LogP contribution >= 0.6 is 0 Å². The van der Waals surface area contributed by atoms with Gasteiger partial charge in [0, 0.05) is 11.3 Å². The highest BCUT2D eigenvalue weighted by atomic mass is 16.5. The maximum absolute atomic E-state index is 13.5. The van der Waals surface area contributed by atoms with E-state index in [2.05, 4.69) is 5.32 Å². The molecule has 4 aromatic rings. The van der Waals surface area contributed by atoms with Crippen molar-refractivity contribution < 1.29 is 14.3 Å². The number of rotatable bonds is 7. The Bertz CT molecular complexity index is 1110. The second-order valence-electron chi connectivity index (χ2n) is 7.34. The van der Waals surface area contributed by atoms with Gasteiger partial charge in [-0.1, -0.05) is 109 Å². The molecule has 0 heterocycles. The van der Waals surface area contributed by atoms with E-state index >= 15 is 0 Å². The lowest BCUT2D eigenvalue weighted by molar-refractivity contribution is -0.155. The topological polar surface area (TPSA) is 55.4 Å². The number of nitrogens with one attached hydrogen (secondary N) is 1. The Morgan fingerprint density at radius 3 is 1.44 bits per heavy atom. The summed E-state index contributed by atoms with van der Waals surface area (Å²) in [4.78, 5) is 26.6. The monoisotopic (exact) mass is 421 g/mol. The molecule has 0 saturated heterocycles. The van der Waals surface area contributed by atoms with Gasteiger partial charge in [-0.05, 0) is 23.3 Å². The molecule has 4 nitrogen and oxygen atoms in total. The molecule has 0 aliphatic carbocycles. The summed E-state index contributed by atoms with van der Waals surface area (Å²) >= 11 is 0. The minimum Gasteiger partial charge on any atom is -0.447 e. The molecule has 4 heteroatoms. The van der Waals surface area contributed by atoms with Gasteiger partial charge in [-0.3, -0.25) is 9.59 Å². The van der Waals surface area contributed by atoms with Crippen LogP contribution in [-0.4, -0.2) is 11.9 Å². The summed E-state index contributed by atoms with van der Waals surface area (Å²) in [7, 11) is 0. The maximum Gasteiger partial charge on any atom is 0.319 e. The molecule has 1 N–H and O–H groups in total. The molecule has 0 aliphatic heterocycles. The second kappa shape index (κ2) is 10.2. The van der Waals surface area contributed by atoms with E-state index in [9.17, 15) is 9.59 Å². The predicted molar refractivity (Wildman–Crippen MR) is 125 cm³/mol. The van der Waals surface area contributed by atoms with Crippen LogP contribution in [0.15, 0.2) is 121 Å². The molecule has 4 rings (SSSR count). The largest absolute Gasteiger partial charge is 0.447 e. The van der Waals surface area contributed by atoms with Gasteiger partial charge in [0.15, 0.2) is 0 Å². The van der Waals surface area contributed by atoms with E-state index < -0.39 is 23.9 Å². The Morgan fingerprint density at radius 1 is 0.562 bits per heavy atom. The number of hydrogen-bond donors (Lipinski definition) is 1. The third-order valence-corrected chi connectivity index (χ3v) is 5.12. The van der Waals surface area contributed by atoms with E-state index in [0.29, 0.717) is 11.3 Å². The van der Waals surface area contributed by atoms with Gasteiger partial charge < -0.3 is 10.1 Å². The van der Waals surface area contributed by atoms with E-state index in [1.54, 1.807) is 24.3 Å². The van der Waals surface area contributed by atoms with Gasteiger partial charge in [0.25, 0.3) is 5.91 Å². The average molecular weight is 421 g/mol. The van der Waals surface area contributed by atoms with Crippen molar-refractivity contribution in [1.29, 1.82) is 0 Å². The predicted octanol–water partition coefficient (Wildman–Crippen LogP) is 5.74. The minimum atomic E-state index is -1.08. The normalized spacial score (nSPS) is 11.5. The molecular weight excluding hydrogens is 398 g/mol. The van der Waals surface area contributed by atoms with Gasteiger partial charge in [0.2, 0.25) is 6.10 Å². The molecule has 0 aliphatic rings. The molecule has 0 spiro atoms. The van der Waals surface area contributed by atoms with Crippen molar-refractivity contribution in [3.8, 4) is 0 Å². The van der Waals surface area contributed by atoms with Gasteiger partial charge >= 0.3 is 5.97 Å². The molecule has 158 valence electrons. The van der Waals surface area contributed by atoms with Crippen LogP contribution in [0.25, 0.3) is 0 Å². The molecule has 0 unspecified atom stereocenters. The van der Waals surface area contributed by atoms with E-state index in [4.69, 9.17) is 4.74 Å². The zero-order chi connectivity index (χ0) is 22.2. The van der Waals surface area contributed by atoms with Crippen molar-refractivity contribution in [3.05, 3.63) is 138 Å². The van der Waals surface area contributed by atoms with Crippen molar-refractivity contribution in [3.63, 3.8) is 0 Å². The average Bonchev–Trinajstić information content (AvgIpc) is 2.85. The number of anilines is 1. The van der Waals surface area contributed by atoms with Gasteiger partial charge in [-0.15, -0.1) is 0 Å². The molecule has 4 aromatic carbocycles. The second-order valence-corrected chi connectivity index (χ2v) is 7.34. The zero-order valence-corrected chi connectivity index (χ0v) is 17.4. The van der Waals surface area contributed by atoms with E-state index in [-0.39, 0.29) is 0 Å². The Balaban J connectivity index is 1.65. The number of carbonyl (C=O) groups is 2. The van der Waals surface area contributed by atoms with Crippen LogP contribution in [0.5, 0.6) is 0 Å². The summed E-state index contributed by atoms with van der Waals surface area (Å²) in [6.07, 6.45) is -1.08. The van der Waals surface area contributed by atoms with Crippen LogP contribution in [-0.2, 0) is 14.3 Å². The van der Waals surface area contributed by atoms with E-state index in [1.165, 1.54) is 0 Å². The highest BCUT2D eigenvalue weighted by Crippen LogP contribution is 2.29. The fraction of sp³-hybridized carbons (Fsp3) is 0.0714. The number of hydrogen-bond acceptors (Lipinski definition) is 3. The zero-order valence-electron chi connectivity index (χ0n) is 17.4. The Labute approximate surface area is 187 Å². The van der Waals surface area contributed by atoms with Crippen LogP contribution in [0, 0.1) is 0 Å². The number of benzene rings is 4.